The van der Waals surface area contributed by atoms with Crippen molar-refractivity contribution < 1.29 is 4.79 Å². The fourth-order valence-electron chi connectivity index (χ4n) is 2.69. The number of amides is 2. The summed E-state index contributed by atoms with van der Waals surface area (Å²) in [6.07, 6.45) is 0. The van der Waals surface area contributed by atoms with Gasteiger partial charge in [0.25, 0.3) is 0 Å². The lowest BCUT2D eigenvalue weighted by atomic mass is 10.2. The number of aromatic nitrogens is 2. The minimum Gasteiger partial charge on any atom is -0.334 e. The lowest BCUT2D eigenvalue weighted by Crippen LogP contribution is -2.34. The van der Waals surface area contributed by atoms with Crippen LogP contribution >= 0.6 is 0 Å². The highest BCUT2D eigenvalue weighted by Gasteiger charge is 2.08. The van der Waals surface area contributed by atoms with Crippen molar-refractivity contribution >= 4 is 17.1 Å². The van der Waals surface area contributed by atoms with Crippen molar-refractivity contribution in [1.82, 2.24) is 19.8 Å². The molecule has 0 saturated carbocycles. The number of rotatable bonds is 4. The second-order valence-corrected chi connectivity index (χ2v) is 5.75. The van der Waals surface area contributed by atoms with Gasteiger partial charge >= 0.3 is 11.7 Å². The summed E-state index contributed by atoms with van der Waals surface area (Å²) in [5.74, 6) is 0. The van der Waals surface area contributed by atoms with Crippen LogP contribution in [-0.4, -0.2) is 15.2 Å². The molecule has 0 saturated heterocycles. The van der Waals surface area contributed by atoms with E-state index in [2.05, 4.69) is 10.6 Å². The van der Waals surface area contributed by atoms with Gasteiger partial charge in [0.1, 0.15) is 0 Å². The third-order valence-electron chi connectivity index (χ3n) is 4.09. The van der Waals surface area contributed by atoms with Crippen molar-refractivity contribution in [2.24, 2.45) is 14.1 Å². The van der Waals surface area contributed by atoms with Gasteiger partial charge in [-0.2, -0.15) is 0 Å². The van der Waals surface area contributed by atoms with Crippen LogP contribution in [0.15, 0.2) is 53.3 Å². The summed E-state index contributed by atoms with van der Waals surface area (Å²) in [7, 11) is 3.49. The van der Waals surface area contributed by atoms with E-state index in [4.69, 9.17) is 0 Å². The molecule has 0 bridgehead atoms. The number of benzene rings is 2. The highest BCUT2D eigenvalue weighted by atomic mass is 16.2. The lowest BCUT2D eigenvalue weighted by Gasteiger charge is -2.08. The Labute approximate surface area is 139 Å². The number of carbonyl (C=O) groups excluding carboxylic acids is 1. The Hall–Kier alpha value is -3.02. The second kappa shape index (κ2) is 6.62. The predicted octanol–water partition coefficient (Wildman–Crippen LogP) is 1.88. The van der Waals surface area contributed by atoms with Gasteiger partial charge in [0.15, 0.2) is 0 Å². The summed E-state index contributed by atoms with van der Waals surface area (Å²) in [5.41, 5.74) is 3.66. The Balaban J connectivity index is 1.62. The van der Waals surface area contributed by atoms with E-state index in [0.29, 0.717) is 13.1 Å². The van der Waals surface area contributed by atoms with E-state index < -0.39 is 0 Å². The summed E-state index contributed by atoms with van der Waals surface area (Å²) in [6.45, 7) is 0.887. The number of urea groups is 1. The summed E-state index contributed by atoms with van der Waals surface area (Å²) < 4.78 is 3.22. The molecule has 6 heteroatoms. The van der Waals surface area contributed by atoms with Gasteiger partial charge < -0.3 is 10.6 Å². The Bertz CT molecular complexity index is 925. The van der Waals surface area contributed by atoms with Crippen LogP contribution in [0, 0.1) is 0 Å². The number of hydrogen-bond acceptors (Lipinski definition) is 2. The van der Waals surface area contributed by atoms with Gasteiger partial charge in [0, 0.05) is 27.2 Å². The average molecular weight is 324 g/mol. The van der Waals surface area contributed by atoms with Gasteiger partial charge in [0.05, 0.1) is 11.0 Å². The molecule has 1 heterocycles. The molecule has 0 atom stereocenters. The molecular formula is C18H20N4O2. The zero-order chi connectivity index (χ0) is 17.1. The van der Waals surface area contributed by atoms with E-state index in [1.54, 1.807) is 23.2 Å². The van der Waals surface area contributed by atoms with Crippen LogP contribution < -0.4 is 16.3 Å². The Morgan fingerprint density at radius 1 is 0.875 bits per heavy atom. The normalized spacial score (nSPS) is 10.8. The molecule has 2 aromatic carbocycles. The molecule has 0 unspecified atom stereocenters. The summed E-state index contributed by atoms with van der Waals surface area (Å²) in [5, 5.41) is 5.65. The number of carbonyl (C=O) groups is 1. The van der Waals surface area contributed by atoms with Gasteiger partial charge in [-0.25, -0.2) is 9.59 Å². The number of fused-ring (bicyclic) bond motifs is 1. The van der Waals surface area contributed by atoms with Crippen LogP contribution in [-0.2, 0) is 27.2 Å². The molecule has 0 spiro atoms. The Kier molecular flexibility index (Phi) is 4.37. The van der Waals surface area contributed by atoms with Gasteiger partial charge in [-0.3, -0.25) is 9.13 Å². The topological polar surface area (TPSA) is 68.1 Å². The first-order chi connectivity index (χ1) is 11.6. The van der Waals surface area contributed by atoms with Crippen molar-refractivity contribution in [3.63, 3.8) is 0 Å². The first-order valence-corrected chi connectivity index (χ1v) is 7.76. The number of hydrogen-bond donors (Lipinski definition) is 2. The van der Waals surface area contributed by atoms with Crippen molar-refractivity contribution in [2.45, 2.75) is 13.1 Å². The molecule has 2 N–H and O–H groups in total. The number of nitrogens with zero attached hydrogens (tertiary/aromatic N) is 2. The summed E-state index contributed by atoms with van der Waals surface area (Å²) >= 11 is 0. The van der Waals surface area contributed by atoms with Gasteiger partial charge in [-0.1, -0.05) is 36.4 Å². The van der Waals surface area contributed by atoms with E-state index in [0.717, 1.165) is 22.2 Å². The van der Waals surface area contributed by atoms with Crippen molar-refractivity contribution in [1.29, 1.82) is 0 Å². The SMILES string of the molecule is Cn1c(=O)n(C)c2cc(CNC(=O)NCc3ccccc3)ccc21. The van der Waals surface area contributed by atoms with E-state index in [1.165, 1.54) is 0 Å². The van der Waals surface area contributed by atoms with Gasteiger partial charge in [-0.05, 0) is 23.3 Å². The van der Waals surface area contributed by atoms with Crippen molar-refractivity contribution in [3.8, 4) is 0 Å². The smallest absolute Gasteiger partial charge is 0.328 e. The molecule has 6 nitrogen and oxygen atoms in total. The molecule has 24 heavy (non-hydrogen) atoms. The summed E-state index contributed by atoms with van der Waals surface area (Å²) in [6, 6.07) is 15.3. The van der Waals surface area contributed by atoms with Gasteiger partial charge in [-0.15, -0.1) is 0 Å². The molecule has 0 aliphatic rings. The molecule has 0 aliphatic heterocycles. The minimum absolute atomic E-state index is 0.0595. The molecular weight excluding hydrogens is 304 g/mol. The molecule has 0 aliphatic carbocycles. The molecule has 0 radical (unpaired) electrons. The maximum absolute atomic E-state index is 11.9. The van der Waals surface area contributed by atoms with Crippen molar-refractivity contribution in [3.05, 3.63) is 70.1 Å². The van der Waals surface area contributed by atoms with E-state index in [-0.39, 0.29) is 11.7 Å². The summed E-state index contributed by atoms with van der Waals surface area (Å²) in [4.78, 5) is 23.8. The van der Waals surface area contributed by atoms with Crippen LogP contribution in [0.5, 0.6) is 0 Å². The fourth-order valence-corrected chi connectivity index (χ4v) is 2.69. The van der Waals surface area contributed by atoms with E-state index in [1.807, 2.05) is 48.5 Å². The largest absolute Gasteiger partial charge is 0.334 e. The number of aryl methyl sites for hydroxylation is 2. The first kappa shape index (κ1) is 15.9. The molecule has 124 valence electrons. The standard InChI is InChI=1S/C18H20N4O2/c1-21-15-9-8-14(10-16(15)22(2)18(21)24)12-20-17(23)19-11-13-6-4-3-5-7-13/h3-10H,11-12H2,1-2H3,(H2,19,20,23). The lowest BCUT2D eigenvalue weighted by molar-refractivity contribution is 0.240. The maximum atomic E-state index is 11.9. The van der Waals surface area contributed by atoms with Crippen LogP contribution in [0.3, 0.4) is 0 Å². The molecule has 3 aromatic rings. The highest BCUT2D eigenvalue weighted by Crippen LogP contribution is 2.13. The van der Waals surface area contributed by atoms with Crippen LogP contribution in [0.2, 0.25) is 0 Å². The monoisotopic (exact) mass is 324 g/mol. The third-order valence-corrected chi connectivity index (χ3v) is 4.09. The fraction of sp³-hybridized carbons (Fsp3) is 0.222. The van der Waals surface area contributed by atoms with Crippen LogP contribution in [0.25, 0.3) is 11.0 Å². The number of nitrogens with one attached hydrogen (secondary N) is 2. The first-order valence-electron chi connectivity index (χ1n) is 7.76. The zero-order valence-corrected chi connectivity index (χ0v) is 13.7. The van der Waals surface area contributed by atoms with Crippen LogP contribution in [0.4, 0.5) is 4.79 Å². The second-order valence-electron chi connectivity index (χ2n) is 5.75. The molecule has 1 aromatic heterocycles. The highest BCUT2D eigenvalue weighted by molar-refractivity contribution is 5.77. The van der Waals surface area contributed by atoms with E-state index in [9.17, 15) is 9.59 Å². The van der Waals surface area contributed by atoms with E-state index >= 15 is 0 Å². The minimum atomic E-state index is -0.221. The third kappa shape index (κ3) is 3.17. The van der Waals surface area contributed by atoms with Crippen molar-refractivity contribution in [2.75, 3.05) is 0 Å². The maximum Gasteiger partial charge on any atom is 0.328 e. The zero-order valence-electron chi connectivity index (χ0n) is 13.7. The predicted molar refractivity (Wildman–Crippen MR) is 93.7 cm³/mol. The Morgan fingerprint density at radius 3 is 2.21 bits per heavy atom. The number of imidazole rings is 1. The van der Waals surface area contributed by atoms with Gasteiger partial charge in [0.2, 0.25) is 0 Å². The molecule has 2 amide bonds. The van der Waals surface area contributed by atoms with Crippen LogP contribution in [0.1, 0.15) is 11.1 Å². The Morgan fingerprint density at radius 2 is 1.50 bits per heavy atom. The molecule has 3 rings (SSSR count). The molecule has 0 fully saturated rings. The average Bonchev–Trinajstić information content (AvgIpc) is 2.83. The quantitative estimate of drug-likeness (QED) is 0.769.